The van der Waals surface area contributed by atoms with Gasteiger partial charge in [-0.2, -0.15) is 52.7 Å². The van der Waals surface area contributed by atoms with Gasteiger partial charge >= 0.3 is 48.6 Å². The lowest BCUT2D eigenvalue weighted by Gasteiger charge is -2.08. The van der Waals surface area contributed by atoms with Crippen molar-refractivity contribution < 1.29 is 97.1 Å². The van der Waals surface area contributed by atoms with Crippen molar-refractivity contribution >= 4 is 29.8 Å². The van der Waals surface area contributed by atoms with Gasteiger partial charge in [0.2, 0.25) is 5.91 Å². The number of carbonyl (C=O) groups excluding carboxylic acids is 1. The minimum absolute atomic E-state index is 0.229. The summed E-state index contributed by atoms with van der Waals surface area (Å²) in [5, 5.41) is 42.0. The molecule has 384 valence electrons. The van der Waals surface area contributed by atoms with Gasteiger partial charge < -0.3 is 47.4 Å². The lowest BCUT2D eigenvalue weighted by atomic mass is 10.0. The van der Waals surface area contributed by atoms with E-state index in [-0.39, 0.29) is 5.91 Å². The van der Waals surface area contributed by atoms with Gasteiger partial charge in [-0.25, -0.2) is 19.2 Å². The Morgan fingerprint density at radius 1 is 0.375 bits per heavy atom. The fourth-order valence-corrected chi connectivity index (χ4v) is 4.45. The molecule has 0 radical (unpaired) electrons. The molecule has 0 heterocycles. The zero-order valence-corrected chi connectivity index (χ0v) is 36.2. The zero-order chi connectivity index (χ0) is 50.5. The molecule has 0 aliphatic heterocycles. The summed E-state index contributed by atoms with van der Waals surface area (Å²) in [5.74, 6) is -10.8. The number of carboxylic acid groups (broad SMARTS) is 4. The molecule has 26 heteroatoms. The van der Waals surface area contributed by atoms with E-state index in [4.69, 9.17) is 45.3 Å². The van der Waals surface area contributed by atoms with Crippen LogP contribution < -0.4 is 27.0 Å². The summed E-state index contributed by atoms with van der Waals surface area (Å²) in [4.78, 5) is 47.5. The molecule has 14 nitrogen and oxygen atoms in total. The Labute approximate surface area is 366 Å². The van der Waals surface area contributed by atoms with Gasteiger partial charge in [-0.3, -0.25) is 4.79 Å². The molecule has 1 amide bonds. The van der Waals surface area contributed by atoms with Crippen molar-refractivity contribution in [1.82, 2.24) is 21.3 Å². The van der Waals surface area contributed by atoms with Crippen molar-refractivity contribution in [2.45, 2.75) is 160 Å². The van der Waals surface area contributed by atoms with E-state index >= 15 is 0 Å². The third-order valence-electron chi connectivity index (χ3n) is 7.80. The Hall–Kier alpha value is -3.65. The number of hydrogen-bond acceptors (Lipinski definition) is 9. The Balaban J connectivity index is -0.000000329. The minimum atomic E-state index is -5.08. The molecule has 0 unspecified atom stereocenters. The number of aliphatic carboxylic acids is 4. The number of carboxylic acids is 4. The first-order chi connectivity index (χ1) is 29.6. The fraction of sp³-hybridized carbons (Fsp3) is 0.868. The van der Waals surface area contributed by atoms with Crippen LogP contribution in [0.1, 0.15) is 135 Å². The summed E-state index contributed by atoms with van der Waals surface area (Å²) in [7, 11) is 0. The van der Waals surface area contributed by atoms with Gasteiger partial charge in [0.15, 0.2) is 0 Å². The zero-order valence-electron chi connectivity index (χ0n) is 36.2. The largest absolute Gasteiger partial charge is 0.490 e. The van der Waals surface area contributed by atoms with E-state index in [0.717, 1.165) is 78.0 Å². The number of rotatable bonds is 31. The first kappa shape index (κ1) is 69.4. The summed E-state index contributed by atoms with van der Waals surface area (Å²) in [5.41, 5.74) is 5.48. The molecule has 0 atom stereocenters. The van der Waals surface area contributed by atoms with Crippen LogP contribution in [0.3, 0.4) is 0 Å². The van der Waals surface area contributed by atoms with Crippen LogP contribution in [0.2, 0.25) is 0 Å². The molecule has 0 aromatic rings. The molecule has 0 spiro atoms. The van der Waals surface area contributed by atoms with Gasteiger partial charge in [-0.05, 0) is 84.3 Å². The number of amides is 1. The maximum atomic E-state index is 12.0. The Morgan fingerprint density at radius 3 is 0.875 bits per heavy atom. The molecular formula is C38H69F12N5O9. The Bertz CT molecular complexity index is 1050. The standard InChI is InChI=1S/C30H65N5O.4C2HF3O2/c1-2-3-4-5-6-7-8-9-10-11-12-13-14-15-21-30(36)35-29-20-28-34-27-19-26-33-24-17-16-23-32-25-18-22-31;4*3-2(4,5)1(6)7/h32-34H,2-29,31H2,1H3,(H,35,36);4*(H,6,7). The molecule has 0 aliphatic carbocycles. The SMILES string of the molecule is CCCCCCCCCCCCCCCCC(=O)NCCCNCCCNCCCCNCCCN.O=C(O)C(F)(F)F.O=C(O)C(F)(F)F.O=C(O)C(F)(F)F.O=C(O)C(F)(F)F. The van der Waals surface area contributed by atoms with Crippen LogP contribution in [-0.4, -0.2) is 127 Å². The van der Waals surface area contributed by atoms with Crippen molar-refractivity contribution in [3.8, 4) is 0 Å². The summed E-state index contributed by atoms with van der Waals surface area (Å²) < 4.78 is 127. The van der Waals surface area contributed by atoms with Crippen LogP contribution >= 0.6 is 0 Å². The van der Waals surface area contributed by atoms with E-state index in [9.17, 15) is 57.5 Å². The maximum absolute atomic E-state index is 12.0. The first-order valence-corrected chi connectivity index (χ1v) is 20.9. The van der Waals surface area contributed by atoms with Gasteiger partial charge in [-0.15, -0.1) is 0 Å². The fourth-order valence-electron chi connectivity index (χ4n) is 4.45. The number of halogens is 12. The number of hydrogen-bond donors (Lipinski definition) is 9. The molecule has 0 saturated heterocycles. The second kappa shape index (κ2) is 44.5. The minimum Gasteiger partial charge on any atom is -0.475 e. The van der Waals surface area contributed by atoms with Crippen LogP contribution in [0, 0.1) is 0 Å². The third kappa shape index (κ3) is 65.0. The van der Waals surface area contributed by atoms with E-state index in [1.54, 1.807) is 0 Å². The van der Waals surface area contributed by atoms with Crippen LogP contribution in [0.4, 0.5) is 52.7 Å². The maximum Gasteiger partial charge on any atom is 0.490 e. The van der Waals surface area contributed by atoms with Gasteiger partial charge in [0.1, 0.15) is 0 Å². The average molecular weight is 968 g/mol. The second-order valence-corrected chi connectivity index (χ2v) is 13.7. The molecule has 0 aromatic carbocycles. The monoisotopic (exact) mass is 967 g/mol. The molecule has 0 bridgehead atoms. The smallest absolute Gasteiger partial charge is 0.475 e. The first-order valence-electron chi connectivity index (χ1n) is 20.9. The second-order valence-electron chi connectivity index (χ2n) is 13.7. The van der Waals surface area contributed by atoms with E-state index < -0.39 is 48.6 Å². The van der Waals surface area contributed by atoms with Gasteiger partial charge in [0.05, 0.1) is 0 Å². The number of carbonyl (C=O) groups is 5. The number of unbranched alkanes of at least 4 members (excludes halogenated alkanes) is 14. The molecule has 64 heavy (non-hydrogen) atoms. The number of alkyl halides is 12. The van der Waals surface area contributed by atoms with Gasteiger partial charge in [-0.1, -0.05) is 90.4 Å². The predicted molar refractivity (Wildman–Crippen MR) is 213 cm³/mol. The Morgan fingerprint density at radius 2 is 0.609 bits per heavy atom. The quantitative estimate of drug-likeness (QED) is 0.0236. The van der Waals surface area contributed by atoms with E-state index in [1.165, 1.54) is 96.3 Å². The van der Waals surface area contributed by atoms with Crippen molar-refractivity contribution in [3.63, 3.8) is 0 Å². The lowest BCUT2D eigenvalue weighted by molar-refractivity contribution is -0.193. The molecular weight excluding hydrogens is 898 g/mol. The van der Waals surface area contributed by atoms with Crippen LogP contribution in [-0.2, 0) is 24.0 Å². The number of nitrogens with one attached hydrogen (secondary N) is 4. The Kier molecular flexibility index (Phi) is 48.3. The summed E-state index contributed by atoms with van der Waals surface area (Å²) in [6.07, 6.45) is 5.01. The molecule has 0 saturated carbocycles. The van der Waals surface area contributed by atoms with Crippen LogP contribution in [0.5, 0.6) is 0 Å². The van der Waals surface area contributed by atoms with Crippen molar-refractivity contribution in [1.29, 1.82) is 0 Å². The predicted octanol–water partition coefficient (Wildman–Crippen LogP) is 8.19. The third-order valence-corrected chi connectivity index (χ3v) is 7.80. The molecule has 0 fully saturated rings. The van der Waals surface area contributed by atoms with E-state index in [1.807, 2.05) is 0 Å². The molecule has 10 N–H and O–H groups in total. The normalized spacial score (nSPS) is 11.3. The number of nitrogens with two attached hydrogens (primary N) is 1. The van der Waals surface area contributed by atoms with Crippen molar-refractivity contribution in [2.75, 3.05) is 52.4 Å². The van der Waals surface area contributed by atoms with Crippen molar-refractivity contribution in [3.05, 3.63) is 0 Å². The highest BCUT2D eigenvalue weighted by molar-refractivity contribution is 5.75. The van der Waals surface area contributed by atoms with Crippen LogP contribution in [0.15, 0.2) is 0 Å². The molecule has 0 aliphatic rings. The van der Waals surface area contributed by atoms with Gasteiger partial charge in [0.25, 0.3) is 0 Å². The van der Waals surface area contributed by atoms with Gasteiger partial charge in [0, 0.05) is 13.0 Å². The molecule has 0 aromatic heterocycles. The van der Waals surface area contributed by atoms with E-state index in [0.29, 0.717) is 6.42 Å². The summed E-state index contributed by atoms with van der Waals surface area (Å²) in [6.45, 7) is 10.2. The highest BCUT2D eigenvalue weighted by Gasteiger charge is 2.40. The lowest BCUT2D eigenvalue weighted by Crippen LogP contribution is -2.28. The molecule has 0 rings (SSSR count). The summed E-state index contributed by atoms with van der Waals surface area (Å²) >= 11 is 0. The highest BCUT2D eigenvalue weighted by Crippen LogP contribution is 2.16. The van der Waals surface area contributed by atoms with E-state index in [2.05, 4.69) is 28.2 Å². The highest BCUT2D eigenvalue weighted by atomic mass is 19.4. The average Bonchev–Trinajstić information content (AvgIpc) is 3.17. The van der Waals surface area contributed by atoms with Crippen molar-refractivity contribution in [2.24, 2.45) is 5.73 Å². The summed E-state index contributed by atoms with van der Waals surface area (Å²) in [6, 6.07) is 0. The van der Waals surface area contributed by atoms with Crippen LogP contribution in [0.25, 0.3) is 0 Å². The topological polar surface area (TPSA) is 240 Å².